The van der Waals surface area contributed by atoms with Crippen molar-refractivity contribution < 1.29 is 14.3 Å². The molecule has 0 spiro atoms. The second kappa shape index (κ2) is 10.2. The first-order chi connectivity index (χ1) is 17.5. The first kappa shape index (κ1) is 24.1. The summed E-state index contributed by atoms with van der Waals surface area (Å²) >= 11 is 0. The van der Waals surface area contributed by atoms with Gasteiger partial charge in [0.1, 0.15) is 12.6 Å². The van der Waals surface area contributed by atoms with Crippen LogP contribution in [-0.4, -0.2) is 54.2 Å². The third kappa shape index (κ3) is 4.38. The Balaban J connectivity index is 1.40. The summed E-state index contributed by atoms with van der Waals surface area (Å²) in [5.41, 5.74) is 11.4. The fourth-order valence-electron chi connectivity index (χ4n) is 5.25. The zero-order valence-corrected chi connectivity index (χ0v) is 20.6. The topological polar surface area (TPSA) is 109 Å². The molecule has 0 bridgehead atoms. The third-order valence-corrected chi connectivity index (χ3v) is 7.16. The molecule has 0 aromatic heterocycles. The molecular weight excluding hydrogens is 454 g/mol. The number of nitrogens with zero attached hydrogens (tertiary/aromatic N) is 3. The maximum absolute atomic E-state index is 13.0. The molecule has 2 amide bonds. The molecule has 3 aliphatic heterocycles. The Labute approximate surface area is 210 Å². The van der Waals surface area contributed by atoms with Crippen LogP contribution in [0.5, 0.6) is 0 Å². The molecule has 1 fully saturated rings. The van der Waals surface area contributed by atoms with E-state index >= 15 is 0 Å². The highest BCUT2D eigenvalue weighted by Gasteiger charge is 2.39. The first-order valence-electron chi connectivity index (χ1n) is 12.4. The van der Waals surface area contributed by atoms with Crippen molar-refractivity contribution in [1.29, 1.82) is 0 Å². The molecule has 3 atom stereocenters. The predicted molar refractivity (Wildman–Crippen MR) is 139 cm³/mol. The Morgan fingerprint density at radius 1 is 1.14 bits per heavy atom. The van der Waals surface area contributed by atoms with E-state index in [2.05, 4.69) is 15.3 Å². The molecule has 5 rings (SSSR count). The zero-order valence-electron chi connectivity index (χ0n) is 20.6. The Morgan fingerprint density at radius 2 is 1.89 bits per heavy atom. The van der Waals surface area contributed by atoms with Gasteiger partial charge in [-0.3, -0.25) is 24.8 Å². The van der Waals surface area contributed by atoms with Gasteiger partial charge >= 0.3 is 0 Å². The summed E-state index contributed by atoms with van der Waals surface area (Å²) in [6.45, 7) is 5.14. The molecule has 0 aliphatic carbocycles. The van der Waals surface area contributed by atoms with E-state index in [1.807, 2.05) is 32.0 Å². The number of aliphatic imine (C=N–C) groups is 2. The number of ether oxygens (including phenoxy) is 1. The maximum atomic E-state index is 13.0. The van der Waals surface area contributed by atoms with Gasteiger partial charge in [0.25, 0.3) is 11.8 Å². The van der Waals surface area contributed by atoms with E-state index in [0.717, 1.165) is 53.8 Å². The highest BCUT2D eigenvalue weighted by molar-refractivity contribution is 6.21. The first-order valence-corrected chi connectivity index (χ1v) is 12.4. The number of nitrogens with one attached hydrogen (secondary N) is 1. The molecular formula is C28H31N5O3. The number of aryl methyl sites for hydroxylation is 1. The molecule has 2 aromatic rings. The lowest BCUT2D eigenvalue weighted by atomic mass is 9.92. The standard InChI is InChI=1S/C28H31N5O3/c1-17-13-19(26-23(14-29)24(15-30-16-31-26)32-25-9-5-6-12-36-25)10-11-20(17)18(2)33-27(34)21-7-3-4-8-22(21)28(33)35/h3-4,7-8,10-11,13-14,16,18,24-25,32H,5-6,9,12,15,29H2,1-2H3. The normalized spacial score (nSPS) is 24.0. The van der Waals surface area contributed by atoms with Crippen LogP contribution in [0.2, 0.25) is 0 Å². The monoisotopic (exact) mass is 485 g/mol. The molecule has 3 aliphatic rings. The Bertz CT molecular complexity index is 1240. The van der Waals surface area contributed by atoms with E-state index in [1.54, 1.807) is 36.8 Å². The van der Waals surface area contributed by atoms with Gasteiger partial charge in [-0.25, -0.2) is 4.99 Å². The van der Waals surface area contributed by atoms with Crippen LogP contribution in [0.3, 0.4) is 0 Å². The summed E-state index contributed by atoms with van der Waals surface area (Å²) in [6, 6.07) is 12.4. The van der Waals surface area contributed by atoms with Crippen molar-refractivity contribution in [2.24, 2.45) is 15.7 Å². The summed E-state index contributed by atoms with van der Waals surface area (Å²) in [5.74, 6) is -0.522. The number of rotatable bonds is 5. The Morgan fingerprint density at radius 3 is 2.53 bits per heavy atom. The van der Waals surface area contributed by atoms with Crippen molar-refractivity contribution in [3.63, 3.8) is 0 Å². The van der Waals surface area contributed by atoms with Gasteiger partial charge in [-0.05, 0) is 62.4 Å². The number of fused-ring (bicyclic) bond motifs is 1. The van der Waals surface area contributed by atoms with E-state index in [-0.39, 0.29) is 24.1 Å². The fourth-order valence-corrected chi connectivity index (χ4v) is 5.25. The zero-order chi connectivity index (χ0) is 25.2. The van der Waals surface area contributed by atoms with Crippen LogP contribution in [0.15, 0.2) is 64.2 Å². The smallest absolute Gasteiger partial charge is 0.262 e. The largest absolute Gasteiger partial charge is 0.404 e. The fraction of sp³-hybridized carbons (Fsp3) is 0.357. The van der Waals surface area contributed by atoms with Gasteiger partial charge in [-0.1, -0.05) is 24.3 Å². The lowest BCUT2D eigenvalue weighted by Gasteiger charge is -2.29. The molecule has 3 heterocycles. The number of hydrogen-bond donors (Lipinski definition) is 2. The maximum Gasteiger partial charge on any atom is 0.262 e. The van der Waals surface area contributed by atoms with Crippen molar-refractivity contribution in [1.82, 2.24) is 10.2 Å². The molecule has 2 aromatic carbocycles. The summed E-state index contributed by atoms with van der Waals surface area (Å²) in [6.07, 6.45) is 6.30. The highest BCUT2D eigenvalue weighted by Crippen LogP contribution is 2.33. The summed E-state index contributed by atoms with van der Waals surface area (Å²) in [5, 5.41) is 3.55. The second-order valence-corrected chi connectivity index (χ2v) is 9.43. The van der Waals surface area contributed by atoms with Crippen LogP contribution in [0.4, 0.5) is 0 Å². The van der Waals surface area contributed by atoms with Crippen molar-refractivity contribution in [3.8, 4) is 0 Å². The minimum atomic E-state index is -0.411. The summed E-state index contributed by atoms with van der Waals surface area (Å²) in [7, 11) is 0. The van der Waals surface area contributed by atoms with Crippen molar-refractivity contribution in [3.05, 3.63) is 82.1 Å². The molecule has 0 saturated carbocycles. The van der Waals surface area contributed by atoms with Crippen LogP contribution in [0.1, 0.15) is 69.6 Å². The summed E-state index contributed by atoms with van der Waals surface area (Å²) < 4.78 is 5.88. The molecule has 8 heteroatoms. The van der Waals surface area contributed by atoms with Gasteiger partial charge in [0.2, 0.25) is 0 Å². The number of benzene rings is 2. The molecule has 8 nitrogen and oxygen atoms in total. The number of amides is 2. The number of carbonyl (C=O) groups excluding carboxylic acids is 2. The average Bonchev–Trinajstić information content (AvgIpc) is 3.02. The van der Waals surface area contributed by atoms with Crippen molar-refractivity contribution in [2.45, 2.75) is 51.4 Å². The van der Waals surface area contributed by atoms with E-state index in [4.69, 9.17) is 10.5 Å². The van der Waals surface area contributed by atoms with Gasteiger partial charge in [0.15, 0.2) is 0 Å². The average molecular weight is 486 g/mol. The van der Waals surface area contributed by atoms with E-state index < -0.39 is 6.04 Å². The quantitative estimate of drug-likeness (QED) is 0.630. The Kier molecular flexibility index (Phi) is 6.80. The number of imide groups is 1. The van der Waals surface area contributed by atoms with Gasteiger partial charge in [0.05, 0.1) is 35.5 Å². The minimum Gasteiger partial charge on any atom is -0.404 e. The van der Waals surface area contributed by atoms with E-state index in [0.29, 0.717) is 17.7 Å². The van der Waals surface area contributed by atoms with Gasteiger partial charge in [0, 0.05) is 23.9 Å². The van der Waals surface area contributed by atoms with Crippen molar-refractivity contribution in [2.75, 3.05) is 13.2 Å². The number of carbonyl (C=O) groups is 2. The number of hydrogen-bond acceptors (Lipinski definition) is 7. The van der Waals surface area contributed by atoms with Crippen LogP contribution in [0.25, 0.3) is 0 Å². The molecule has 36 heavy (non-hydrogen) atoms. The third-order valence-electron chi connectivity index (χ3n) is 7.16. The van der Waals surface area contributed by atoms with Crippen molar-refractivity contribution >= 4 is 23.9 Å². The molecule has 186 valence electrons. The lowest BCUT2D eigenvalue weighted by Crippen LogP contribution is -2.45. The van der Waals surface area contributed by atoms with Gasteiger partial charge in [-0.2, -0.15) is 0 Å². The molecule has 1 saturated heterocycles. The van der Waals surface area contributed by atoms with E-state index in [1.165, 1.54) is 4.90 Å². The van der Waals surface area contributed by atoms with Crippen LogP contribution >= 0.6 is 0 Å². The highest BCUT2D eigenvalue weighted by atomic mass is 16.5. The predicted octanol–water partition coefficient (Wildman–Crippen LogP) is 3.51. The summed E-state index contributed by atoms with van der Waals surface area (Å²) in [4.78, 5) is 36.4. The van der Waals surface area contributed by atoms with Gasteiger partial charge < -0.3 is 10.5 Å². The van der Waals surface area contributed by atoms with Crippen LogP contribution in [0, 0.1) is 6.92 Å². The van der Waals surface area contributed by atoms with Crippen LogP contribution < -0.4 is 11.1 Å². The Hall–Kier alpha value is -3.62. The molecule has 3 unspecified atom stereocenters. The second-order valence-electron chi connectivity index (χ2n) is 9.43. The molecule has 0 radical (unpaired) electrons. The van der Waals surface area contributed by atoms with Crippen LogP contribution in [-0.2, 0) is 4.74 Å². The minimum absolute atomic E-state index is 0.0298. The number of nitrogens with two attached hydrogens (primary N) is 1. The molecule has 3 N–H and O–H groups in total. The SMILES string of the molecule is Cc1cc(C2=NC=NCC(NC3CCCCO3)C2=CN)ccc1C(C)N1C(=O)c2ccccc2C1=O. The van der Waals surface area contributed by atoms with Gasteiger partial charge in [-0.15, -0.1) is 0 Å². The lowest BCUT2D eigenvalue weighted by molar-refractivity contribution is -0.00908. The van der Waals surface area contributed by atoms with E-state index in [9.17, 15) is 9.59 Å².